The first-order chi connectivity index (χ1) is 7.66. The first-order valence-electron chi connectivity index (χ1n) is 5.62. The van der Waals surface area contributed by atoms with Crippen molar-refractivity contribution in [2.24, 2.45) is 0 Å². The van der Waals surface area contributed by atoms with E-state index in [1.807, 2.05) is 6.92 Å². The summed E-state index contributed by atoms with van der Waals surface area (Å²) in [4.78, 5) is 12.0. The number of carbonyl (C=O) groups is 1. The maximum Gasteiger partial charge on any atom is 0.191 e. The smallest absolute Gasteiger partial charge is 0.191 e. The summed E-state index contributed by atoms with van der Waals surface area (Å²) >= 11 is 5.77. The molecule has 0 aromatic heterocycles. The SMILES string of the molecule is CC(OC1CCC1)C(=O)c1ccc(Cl)cc1. The van der Waals surface area contributed by atoms with Gasteiger partial charge in [-0.3, -0.25) is 4.79 Å². The number of hydrogen-bond donors (Lipinski definition) is 0. The van der Waals surface area contributed by atoms with E-state index >= 15 is 0 Å². The Morgan fingerprint density at radius 3 is 2.50 bits per heavy atom. The van der Waals surface area contributed by atoms with Crippen LogP contribution < -0.4 is 0 Å². The number of rotatable bonds is 4. The number of benzene rings is 1. The normalized spacial score (nSPS) is 17.9. The Balaban J connectivity index is 1.97. The highest BCUT2D eigenvalue weighted by Crippen LogP contribution is 2.24. The van der Waals surface area contributed by atoms with E-state index in [9.17, 15) is 4.79 Å². The van der Waals surface area contributed by atoms with Gasteiger partial charge in [-0.05, 0) is 50.5 Å². The second-order valence-electron chi connectivity index (χ2n) is 4.20. The van der Waals surface area contributed by atoms with Crippen molar-refractivity contribution in [3.05, 3.63) is 34.9 Å². The van der Waals surface area contributed by atoms with Gasteiger partial charge in [0, 0.05) is 10.6 Å². The van der Waals surface area contributed by atoms with Crippen LogP contribution in [0.1, 0.15) is 36.5 Å². The molecule has 3 heteroatoms. The van der Waals surface area contributed by atoms with Crippen molar-refractivity contribution in [2.75, 3.05) is 0 Å². The molecule has 0 aliphatic heterocycles. The summed E-state index contributed by atoms with van der Waals surface area (Å²) in [6.45, 7) is 1.81. The predicted octanol–water partition coefficient (Wildman–Crippen LogP) is 3.48. The number of ether oxygens (including phenoxy) is 1. The minimum absolute atomic E-state index is 0.0311. The Kier molecular flexibility index (Phi) is 3.62. The van der Waals surface area contributed by atoms with Crippen molar-refractivity contribution in [3.63, 3.8) is 0 Å². The third-order valence-electron chi connectivity index (χ3n) is 2.95. The molecule has 0 amide bonds. The van der Waals surface area contributed by atoms with Gasteiger partial charge in [0.1, 0.15) is 6.10 Å². The summed E-state index contributed by atoms with van der Waals surface area (Å²) in [5.74, 6) is 0.0311. The van der Waals surface area contributed by atoms with Crippen molar-refractivity contribution < 1.29 is 9.53 Å². The lowest BCUT2D eigenvalue weighted by molar-refractivity contribution is -0.0313. The largest absolute Gasteiger partial charge is 0.367 e. The minimum Gasteiger partial charge on any atom is -0.367 e. The molecular weight excluding hydrogens is 224 g/mol. The summed E-state index contributed by atoms with van der Waals surface area (Å²) in [5, 5.41) is 0.643. The Morgan fingerprint density at radius 1 is 1.38 bits per heavy atom. The van der Waals surface area contributed by atoms with Gasteiger partial charge in [-0.15, -0.1) is 0 Å². The Morgan fingerprint density at radius 2 is 2.00 bits per heavy atom. The van der Waals surface area contributed by atoms with Crippen LogP contribution in [0.2, 0.25) is 5.02 Å². The van der Waals surface area contributed by atoms with Gasteiger partial charge in [0.2, 0.25) is 0 Å². The lowest BCUT2D eigenvalue weighted by Crippen LogP contribution is -2.31. The van der Waals surface area contributed by atoms with E-state index in [1.54, 1.807) is 24.3 Å². The molecule has 1 atom stereocenters. The van der Waals surface area contributed by atoms with Crippen LogP contribution in [0, 0.1) is 0 Å². The quantitative estimate of drug-likeness (QED) is 0.751. The van der Waals surface area contributed by atoms with Crippen LogP contribution in [-0.4, -0.2) is 18.0 Å². The van der Waals surface area contributed by atoms with Gasteiger partial charge < -0.3 is 4.74 Å². The van der Waals surface area contributed by atoms with E-state index in [0.717, 1.165) is 12.8 Å². The molecule has 1 aromatic rings. The summed E-state index contributed by atoms with van der Waals surface area (Å²) in [5.41, 5.74) is 0.663. The highest BCUT2D eigenvalue weighted by atomic mass is 35.5. The molecule has 1 aliphatic carbocycles. The standard InChI is InChI=1S/C13H15ClO2/c1-9(16-12-3-2-4-12)13(15)10-5-7-11(14)8-6-10/h5-9,12H,2-4H2,1H3. The Hall–Kier alpha value is -0.860. The zero-order valence-electron chi connectivity index (χ0n) is 9.28. The Labute approximate surface area is 101 Å². The van der Waals surface area contributed by atoms with Crippen LogP contribution >= 0.6 is 11.6 Å². The molecule has 1 aromatic carbocycles. The fraction of sp³-hybridized carbons (Fsp3) is 0.462. The molecule has 0 saturated heterocycles. The lowest BCUT2D eigenvalue weighted by atomic mass is 9.95. The van der Waals surface area contributed by atoms with Gasteiger partial charge in [0.15, 0.2) is 5.78 Å². The monoisotopic (exact) mass is 238 g/mol. The molecule has 1 fully saturated rings. The van der Waals surface area contributed by atoms with Crippen LogP contribution in [0.15, 0.2) is 24.3 Å². The molecule has 2 nitrogen and oxygen atoms in total. The highest BCUT2D eigenvalue weighted by Gasteiger charge is 2.24. The first-order valence-corrected chi connectivity index (χ1v) is 6.00. The van der Waals surface area contributed by atoms with Crippen molar-refractivity contribution in [2.45, 2.75) is 38.4 Å². The lowest BCUT2D eigenvalue weighted by Gasteiger charge is -2.28. The first kappa shape index (κ1) is 11.6. The topological polar surface area (TPSA) is 26.3 Å². The number of halogens is 1. The van der Waals surface area contributed by atoms with Gasteiger partial charge in [-0.1, -0.05) is 11.6 Å². The molecule has 0 spiro atoms. The van der Waals surface area contributed by atoms with Crippen molar-refractivity contribution in [1.82, 2.24) is 0 Å². The molecule has 1 aliphatic rings. The fourth-order valence-corrected chi connectivity index (χ4v) is 1.83. The predicted molar refractivity (Wildman–Crippen MR) is 64.0 cm³/mol. The number of ketones is 1. The van der Waals surface area contributed by atoms with Gasteiger partial charge in [-0.2, -0.15) is 0 Å². The van der Waals surface area contributed by atoms with E-state index in [0.29, 0.717) is 10.6 Å². The molecule has 0 radical (unpaired) electrons. The van der Waals surface area contributed by atoms with E-state index in [4.69, 9.17) is 16.3 Å². The molecule has 16 heavy (non-hydrogen) atoms. The summed E-state index contributed by atoms with van der Waals surface area (Å²) < 4.78 is 5.65. The van der Waals surface area contributed by atoms with Gasteiger partial charge in [0.05, 0.1) is 6.10 Å². The van der Waals surface area contributed by atoms with Crippen LogP contribution in [0.25, 0.3) is 0 Å². The third kappa shape index (κ3) is 2.63. The molecular formula is C13H15ClO2. The number of hydrogen-bond acceptors (Lipinski definition) is 2. The van der Waals surface area contributed by atoms with E-state index in [-0.39, 0.29) is 18.0 Å². The third-order valence-corrected chi connectivity index (χ3v) is 3.20. The van der Waals surface area contributed by atoms with Gasteiger partial charge in [-0.25, -0.2) is 0 Å². The molecule has 0 N–H and O–H groups in total. The maximum atomic E-state index is 12.0. The van der Waals surface area contributed by atoms with Crippen LogP contribution in [0.3, 0.4) is 0 Å². The second-order valence-corrected chi connectivity index (χ2v) is 4.64. The van der Waals surface area contributed by atoms with Crippen LogP contribution in [0.4, 0.5) is 0 Å². The molecule has 1 saturated carbocycles. The number of carbonyl (C=O) groups excluding carboxylic acids is 1. The van der Waals surface area contributed by atoms with Crippen molar-refractivity contribution >= 4 is 17.4 Å². The average molecular weight is 239 g/mol. The minimum atomic E-state index is -0.355. The van der Waals surface area contributed by atoms with Gasteiger partial charge in [0.25, 0.3) is 0 Å². The summed E-state index contributed by atoms with van der Waals surface area (Å²) in [7, 11) is 0. The average Bonchev–Trinajstić information content (AvgIpc) is 2.23. The zero-order valence-corrected chi connectivity index (χ0v) is 10.0. The highest BCUT2D eigenvalue weighted by molar-refractivity contribution is 6.30. The van der Waals surface area contributed by atoms with Crippen molar-refractivity contribution in [3.8, 4) is 0 Å². The number of Topliss-reactive ketones (excluding diaryl/α,β-unsaturated/α-hetero) is 1. The van der Waals surface area contributed by atoms with E-state index in [1.165, 1.54) is 6.42 Å². The van der Waals surface area contributed by atoms with Crippen LogP contribution in [0.5, 0.6) is 0 Å². The molecule has 86 valence electrons. The van der Waals surface area contributed by atoms with E-state index in [2.05, 4.69) is 0 Å². The molecule has 0 bridgehead atoms. The molecule has 2 rings (SSSR count). The maximum absolute atomic E-state index is 12.0. The van der Waals surface area contributed by atoms with Gasteiger partial charge >= 0.3 is 0 Å². The summed E-state index contributed by atoms with van der Waals surface area (Å²) in [6, 6.07) is 6.94. The molecule has 1 unspecified atom stereocenters. The molecule has 0 heterocycles. The van der Waals surface area contributed by atoms with Crippen molar-refractivity contribution in [1.29, 1.82) is 0 Å². The van der Waals surface area contributed by atoms with Crippen LogP contribution in [-0.2, 0) is 4.74 Å². The Bertz CT molecular complexity index is 368. The second kappa shape index (κ2) is 4.98. The fourth-order valence-electron chi connectivity index (χ4n) is 1.71. The summed E-state index contributed by atoms with van der Waals surface area (Å²) in [6.07, 6.45) is 3.31. The van der Waals surface area contributed by atoms with E-state index < -0.39 is 0 Å². The zero-order chi connectivity index (χ0) is 11.5.